The van der Waals surface area contributed by atoms with Gasteiger partial charge in [0, 0.05) is 18.5 Å². The lowest BCUT2D eigenvalue weighted by atomic mass is 10.1. The van der Waals surface area contributed by atoms with E-state index in [4.69, 9.17) is 4.74 Å². The Labute approximate surface area is 114 Å². The van der Waals surface area contributed by atoms with Crippen molar-refractivity contribution in [3.05, 3.63) is 28.2 Å². The Balaban J connectivity index is 2.24. The molecule has 1 atom stereocenters. The van der Waals surface area contributed by atoms with Crippen molar-refractivity contribution < 1.29 is 14.3 Å². The molecule has 1 unspecified atom stereocenters. The van der Waals surface area contributed by atoms with Crippen LogP contribution in [0.2, 0.25) is 0 Å². The van der Waals surface area contributed by atoms with Gasteiger partial charge in [0.15, 0.2) is 0 Å². The average Bonchev–Trinajstić information content (AvgIpc) is 2.67. The topological polar surface area (TPSA) is 46.6 Å². The van der Waals surface area contributed by atoms with Gasteiger partial charge in [0.1, 0.15) is 5.75 Å². The molecule has 1 saturated heterocycles. The Morgan fingerprint density at radius 1 is 1.50 bits per heavy atom. The van der Waals surface area contributed by atoms with Gasteiger partial charge in [0.2, 0.25) is 5.91 Å². The van der Waals surface area contributed by atoms with Crippen molar-refractivity contribution in [3.8, 4) is 5.75 Å². The monoisotopic (exact) mass is 311 g/mol. The highest BCUT2D eigenvalue weighted by Gasteiger charge is 2.32. The zero-order valence-corrected chi connectivity index (χ0v) is 11.9. The zero-order valence-electron chi connectivity index (χ0n) is 10.3. The Kier molecular flexibility index (Phi) is 3.71. The van der Waals surface area contributed by atoms with E-state index in [1.807, 2.05) is 6.92 Å². The van der Waals surface area contributed by atoms with E-state index in [-0.39, 0.29) is 17.7 Å². The SMILES string of the molecule is COc1ccc(C(=O)N2CC(C)CC2=O)cc1Br. The quantitative estimate of drug-likeness (QED) is 0.788. The summed E-state index contributed by atoms with van der Waals surface area (Å²) >= 11 is 3.33. The summed E-state index contributed by atoms with van der Waals surface area (Å²) in [6.07, 6.45) is 0.447. The van der Waals surface area contributed by atoms with Gasteiger partial charge >= 0.3 is 0 Å². The van der Waals surface area contributed by atoms with Gasteiger partial charge in [0.25, 0.3) is 5.91 Å². The predicted molar refractivity (Wildman–Crippen MR) is 70.5 cm³/mol. The van der Waals surface area contributed by atoms with Gasteiger partial charge in [-0.1, -0.05) is 6.92 Å². The molecule has 0 bridgehead atoms. The van der Waals surface area contributed by atoms with Gasteiger partial charge < -0.3 is 4.74 Å². The van der Waals surface area contributed by atoms with Crippen LogP contribution in [0.15, 0.2) is 22.7 Å². The first-order valence-electron chi connectivity index (χ1n) is 5.71. The van der Waals surface area contributed by atoms with Crippen LogP contribution in [0.3, 0.4) is 0 Å². The fourth-order valence-electron chi connectivity index (χ4n) is 2.04. The number of carbonyl (C=O) groups is 2. The first-order valence-corrected chi connectivity index (χ1v) is 6.50. The zero-order chi connectivity index (χ0) is 13.3. The third-order valence-electron chi connectivity index (χ3n) is 2.96. The molecule has 0 saturated carbocycles. The second-order valence-electron chi connectivity index (χ2n) is 4.47. The van der Waals surface area contributed by atoms with Gasteiger partial charge in [-0.2, -0.15) is 0 Å². The predicted octanol–water partition coefficient (Wildman–Crippen LogP) is 2.47. The van der Waals surface area contributed by atoms with E-state index in [0.29, 0.717) is 28.8 Å². The van der Waals surface area contributed by atoms with E-state index in [1.54, 1.807) is 25.3 Å². The summed E-state index contributed by atoms with van der Waals surface area (Å²) in [5.41, 5.74) is 0.491. The minimum atomic E-state index is -0.243. The van der Waals surface area contributed by atoms with Crippen molar-refractivity contribution in [2.75, 3.05) is 13.7 Å². The number of nitrogens with zero attached hydrogens (tertiary/aromatic N) is 1. The highest BCUT2D eigenvalue weighted by molar-refractivity contribution is 9.10. The number of methoxy groups -OCH3 is 1. The number of rotatable bonds is 2. The number of amides is 2. The highest BCUT2D eigenvalue weighted by atomic mass is 79.9. The van der Waals surface area contributed by atoms with E-state index in [1.165, 1.54) is 4.90 Å². The molecule has 1 aliphatic heterocycles. The second-order valence-corrected chi connectivity index (χ2v) is 5.32. The summed E-state index contributed by atoms with van der Waals surface area (Å²) in [4.78, 5) is 25.2. The molecule has 2 amide bonds. The second kappa shape index (κ2) is 5.10. The number of benzene rings is 1. The highest BCUT2D eigenvalue weighted by Crippen LogP contribution is 2.27. The van der Waals surface area contributed by atoms with Crippen molar-refractivity contribution in [1.29, 1.82) is 0 Å². The fraction of sp³-hybridized carbons (Fsp3) is 0.385. The van der Waals surface area contributed by atoms with E-state index >= 15 is 0 Å². The maximum absolute atomic E-state index is 12.2. The number of imide groups is 1. The van der Waals surface area contributed by atoms with E-state index in [2.05, 4.69) is 15.9 Å². The third kappa shape index (κ3) is 2.41. The number of likely N-dealkylation sites (tertiary alicyclic amines) is 1. The summed E-state index contributed by atoms with van der Waals surface area (Å²) in [6.45, 7) is 2.47. The maximum atomic E-state index is 12.2. The fourth-order valence-corrected chi connectivity index (χ4v) is 2.58. The number of halogens is 1. The van der Waals surface area contributed by atoms with Gasteiger partial charge in [0.05, 0.1) is 11.6 Å². The molecule has 0 aromatic heterocycles. The van der Waals surface area contributed by atoms with Crippen LogP contribution >= 0.6 is 15.9 Å². The minimum absolute atomic E-state index is 0.0977. The number of carbonyl (C=O) groups excluding carboxylic acids is 2. The molecule has 5 heteroatoms. The van der Waals surface area contributed by atoms with Crippen LogP contribution in [0.5, 0.6) is 5.75 Å². The smallest absolute Gasteiger partial charge is 0.260 e. The van der Waals surface area contributed by atoms with Crippen LogP contribution < -0.4 is 4.74 Å². The summed E-state index contributed by atoms with van der Waals surface area (Å²) < 4.78 is 5.81. The van der Waals surface area contributed by atoms with Crippen LogP contribution in [-0.4, -0.2) is 30.4 Å². The van der Waals surface area contributed by atoms with Gasteiger partial charge in [-0.15, -0.1) is 0 Å². The van der Waals surface area contributed by atoms with E-state index in [9.17, 15) is 9.59 Å². The van der Waals surface area contributed by atoms with Crippen molar-refractivity contribution in [2.45, 2.75) is 13.3 Å². The minimum Gasteiger partial charge on any atom is -0.496 e. The first kappa shape index (κ1) is 13.1. The molecule has 0 N–H and O–H groups in total. The molecular weight excluding hydrogens is 298 g/mol. The molecule has 96 valence electrons. The van der Waals surface area contributed by atoms with Crippen molar-refractivity contribution in [2.24, 2.45) is 5.92 Å². The molecular formula is C13H14BrNO3. The Bertz CT molecular complexity index is 501. The molecule has 0 spiro atoms. The Morgan fingerprint density at radius 2 is 2.22 bits per heavy atom. The summed E-state index contributed by atoms with van der Waals surface area (Å²) in [5, 5.41) is 0. The lowest BCUT2D eigenvalue weighted by Gasteiger charge is -2.14. The van der Waals surface area contributed by atoms with Crippen molar-refractivity contribution in [1.82, 2.24) is 4.90 Å². The number of hydrogen-bond donors (Lipinski definition) is 0. The normalized spacial score (nSPS) is 19.2. The van der Waals surface area contributed by atoms with Gasteiger partial charge in [-0.05, 0) is 40.0 Å². The largest absolute Gasteiger partial charge is 0.496 e. The maximum Gasteiger partial charge on any atom is 0.260 e. The summed E-state index contributed by atoms with van der Waals surface area (Å²) in [6, 6.07) is 5.06. The van der Waals surface area contributed by atoms with Crippen LogP contribution in [0.1, 0.15) is 23.7 Å². The Hall–Kier alpha value is -1.36. The third-order valence-corrected chi connectivity index (χ3v) is 3.58. The first-order chi connectivity index (χ1) is 8.52. The molecule has 2 rings (SSSR count). The van der Waals surface area contributed by atoms with E-state index in [0.717, 1.165) is 0 Å². The van der Waals surface area contributed by atoms with Crippen LogP contribution in [0.4, 0.5) is 0 Å². The Morgan fingerprint density at radius 3 is 2.72 bits per heavy atom. The molecule has 0 aliphatic carbocycles. The van der Waals surface area contributed by atoms with Crippen LogP contribution in [0.25, 0.3) is 0 Å². The lowest BCUT2D eigenvalue weighted by molar-refractivity contribution is -0.125. The molecule has 4 nitrogen and oxygen atoms in total. The number of hydrogen-bond acceptors (Lipinski definition) is 3. The molecule has 0 radical (unpaired) electrons. The molecule has 1 aromatic rings. The standard InChI is InChI=1S/C13H14BrNO3/c1-8-5-12(16)15(7-8)13(17)9-3-4-11(18-2)10(14)6-9/h3-4,6,8H,5,7H2,1-2H3. The van der Waals surface area contributed by atoms with E-state index < -0.39 is 0 Å². The molecule has 1 aromatic carbocycles. The molecule has 1 fully saturated rings. The molecule has 1 aliphatic rings. The van der Waals surface area contributed by atoms with Gasteiger partial charge in [-0.3, -0.25) is 14.5 Å². The number of ether oxygens (including phenoxy) is 1. The summed E-state index contributed by atoms with van der Waals surface area (Å²) in [5.74, 6) is 0.558. The molecule has 1 heterocycles. The van der Waals surface area contributed by atoms with Crippen LogP contribution in [-0.2, 0) is 4.79 Å². The van der Waals surface area contributed by atoms with Crippen molar-refractivity contribution >= 4 is 27.7 Å². The van der Waals surface area contributed by atoms with Crippen LogP contribution in [0, 0.1) is 5.92 Å². The lowest BCUT2D eigenvalue weighted by Crippen LogP contribution is -2.32. The average molecular weight is 312 g/mol. The summed E-state index contributed by atoms with van der Waals surface area (Å²) in [7, 11) is 1.56. The van der Waals surface area contributed by atoms with Gasteiger partial charge in [-0.25, -0.2) is 0 Å². The molecule has 18 heavy (non-hydrogen) atoms. The van der Waals surface area contributed by atoms with Crippen molar-refractivity contribution in [3.63, 3.8) is 0 Å².